The average Bonchev–Trinajstić information content (AvgIpc) is 3.24. The lowest BCUT2D eigenvalue weighted by Gasteiger charge is -2.10. The summed E-state index contributed by atoms with van der Waals surface area (Å²) >= 11 is 4.68. The van der Waals surface area contributed by atoms with Crippen molar-refractivity contribution in [2.75, 3.05) is 5.75 Å². The number of thioether (sulfide) groups is 1. The van der Waals surface area contributed by atoms with Crippen molar-refractivity contribution >= 4 is 39.8 Å². The van der Waals surface area contributed by atoms with Gasteiger partial charge in [0.15, 0.2) is 11.0 Å². The van der Waals surface area contributed by atoms with Gasteiger partial charge in [0.05, 0.1) is 12.0 Å². The molecular formula is C22H17BrN6OS. The minimum atomic E-state index is -0.230. The maximum Gasteiger partial charge on any atom is 0.250 e. The molecule has 0 spiro atoms. The summed E-state index contributed by atoms with van der Waals surface area (Å²) in [4.78, 5) is 16.3. The number of aromatic nitrogens is 4. The first-order valence-corrected chi connectivity index (χ1v) is 11.1. The van der Waals surface area contributed by atoms with E-state index in [1.807, 2.05) is 71.3 Å². The molecule has 0 radical (unpaired) electrons. The highest BCUT2D eigenvalue weighted by Crippen LogP contribution is 2.27. The average molecular weight is 493 g/mol. The minimum Gasteiger partial charge on any atom is -0.272 e. The molecule has 0 atom stereocenters. The fourth-order valence-electron chi connectivity index (χ4n) is 2.75. The number of amides is 1. The van der Waals surface area contributed by atoms with Gasteiger partial charge in [0.2, 0.25) is 0 Å². The van der Waals surface area contributed by atoms with Crippen LogP contribution in [0.25, 0.3) is 17.1 Å². The number of hydrogen-bond donors (Lipinski definition) is 1. The highest BCUT2D eigenvalue weighted by Gasteiger charge is 2.17. The number of hydrazone groups is 1. The Morgan fingerprint density at radius 1 is 1.03 bits per heavy atom. The Balaban J connectivity index is 1.47. The van der Waals surface area contributed by atoms with Gasteiger partial charge < -0.3 is 0 Å². The number of carbonyl (C=O) groups excluding carboxylic acids is 1. The predicted octanol–water partition coefficient (Wildman–Crippen LogP) is 4.33. The maximum absolute atomic E-state index is 12.3. The number of nitrogens with one attached hydrogen (secondary N) is 1. The van der Waals surface area contributed by atoms with E-state index < -0.39 is 0 Å². The van der Waals surface area contributed by atoms with E-state index in [2.05, 4.69) is 41.6 Å². The molecule has 1 N–H and O–H groups in total. The van der Waals surface area contributed by atoms with Crippen molar-refractivity contribution in [2.45, 2.75) is 5.16 Å². The molecule has 2 aromatic carbocycles. The molecular weight excluding hydrogens is 476 g/mol. The monoisotopic (exact) mass is 492 g/mol. The summed E-state index contributed by atoms with van der Waals surface area (Å²) in [6.07, 6.45) is 5.02. The molecule has 2 heterocycles. The molecule has 0 saturated carbocycles. The van der Waals surface area contributed by atoms with Crippen LogP contribution in [0.15, 0.2) is 93.9 Å². The van der Waals surface area contributed by atoms with Crippen LogP contribution in [0.3, 0.4) is 0 Å². The molecule has 0 bridgehead atoms. The van der Waals surface area contributed by atoms with Gasteiger partial charge in [-0.1, -0.05) is 58.0 Å². The Bertz CT molecular complexity index is 1180. The SMILES string of the molecule is O=C(CSc1nnc(-c2ccncc2)n1-c1ccccc1)N/N=C/c1ccc(Br)cc1. The lowest BCUT2D eigenvalue weighted by Crippen LogP contribution is -2.20. The lowest BCUT2D eigenvalue weighted by molar-refractivity contribution is -0.118. The molecule has 0 aliphatic carbocycles. The van der Waals surface area contributed by atoms with Gasteiger partial charge in [-0.3, -0.25) is 14.3 Å². The third-order valence-corrected chi connectivity index (χ3v) is 5.65. The quantitative estimate of drug-likeness (QED) is 0.235. The smallest absolute Gasteiger partial charge is 0.250 e. The van der Waals surface area contributed by atoms with Crippen molar-refractivity contribution in [3.63, 3.8) is 0 Å². The highest BCUT2D eigenvalue weighted by molar-refractivity contribution is 9.10. The van der Waals surface area contributed by atoms with Gasteiger partial charge in [-0.15, -0.1) is 10.2 Å². The first-order chi connectivity index (χ1) is 15.2. The molecule has 9 heteroatoms. The molecule has 0 unspecified atom stereocenters. The van der Waals surface area contributed by atoms with Crippen LogP contribution in [-0.4, -0.2) is 37.6 Å². The molecule has 7 nitrogen and oxygen atoms in total. The summed E-state index contributed by atoms with van der Waals surface area (Å²) in [5.41, 5.74) is 5.24. The van der Waals surface area contributed by atoms with E-state index in [-0.39, 0.29) is 11.7 Å². The largest absolute Gasteiger partial charge is 0.272 e. The number of halogens is 1. The number of benzene rings is 2. The van der Waals surface area contributed by atoms with Crippen molar-refractivity contribution in [3.05, 3.63) is 89.2 Å². The molecule has 154 valence electrons. The van der Waals surface area contributed by atoms with Crippen LogP contribution >= 0.6 is 27.7 Å². The Kier molecular flexibility index (Phi) is 6.85. The molecule has 0 aliphatic rings. The summed E-state index contributed by atoms with van der Waals surface area (Å²) in [6, 6.07) is 21.2. The van der Waals surface area contributed by atoms with E-state index in [0.717, 1.165) is 21.3 Å². The summed E-state index contributed by atoms with van der Waals surface area (Å²) in [5, 5.41) is 13.3. The van der Waals surface area contributed by atoms with E-state index in [9.17, 15) is 4.79 Å². The number of carbonyl (C=O) groups is 1. The fourth-order valence-corrected chi connectivity index (χ4v) is 3.76. The minimum absolute atomic E-state index is 0.152. The lowest BCUT2D eigenvalue weighted by atomic mass is 10.2. The number of pyridine rings is 1. The van der Waals surface area contributed by atoms with Crippen molar-refractivity contribution in [3.8, 4) is 17.1 Å². The number of para-hydroxylation sites is 1. The Labute approximate surface area is 191 Å². The second kappa shape index (κ2) is 10.1. The van der Waals surface area contributed by atoms with Gasteiger partial charge in [0, 0.05) is 28.1 Å². The Morgan fingerprint density at radius 2 is 1.77 bits per heavy atom. The van der Waals surface area contributed by atoms with E-state index in [0.29, 0.717) is 11.0 Å². The van der Waals surface area contributed by atoms with Gasteiger partial charge in [-0.25, -0.2) is 5.43 Å². The van der Waals surface area contributed by atoms with Crippen LogP contribution in [0.5, 0.6) is 0 Å². The number of rotatable bonds is 7. The number of hydrogen-bond acceptors (Lipinski definition) is 6. The molecule has 1 amide bonds. The topological polar surface area (TPSA) is 85.1 Å². The zero-order chi connectivity index (χ0) is 21.5. The second-order valence-corrected chi connectivity index (χ2v) is 8.20. The zero-order valence-electron chi connectivity index (χ0n) is 16.2. The van der Waals surface area contributed by atoms with E-state index in [1.54, 1.807) is 18.6 Å². The first kappa shape index (κ1) is 21.0. The molecule has 4 aromatic rings. The standard InChI is InChI=1S/C22H17BrN6OS/c23-18-8-6-16(7-9-18)14-25-26-20(30)15-31-22-28-27-21(17-10-12-24-13-11-17)29(22)19-4-2-1-3-5-19/h1-14H,15H2,(H,26,30)/b25-14+. The summed E-state index contributed by atoms with van der Waals surface area (Å²) in [5.74, 6) is 0.607. The first-order valence-electron chi connectivity index (χ1n) is 9.32. The molecule has 4 rings (SSSR count). The van der Waals surface area contributed by atoms with E-state index in [1.165, 1.54) is 11.8 Å². The van der Waals surface area contributed by atoms with Crippen molar-refractivity contribution in [2.24, 2.45) is 5.10 Å². The van der Waals surface area contributed by atoms with Gasteiger partial charge >= 0.3 is 0 Å². The van der Waals surface area contributed by atoms with Crippen LogP contribution < -0.4 is 5.43 Å². The predicted molar refractivity (Wildman–Crippen MR) is 125 cm³/mol. The van der Waals surface area contributed by atoms with Crippen LogP contribution in [0, 0.1) is 0 Å². The maximum atomic E-state index is 12.3. The van der Waals surface area contributed by atoms with Crippen LogP contribution in [0.1, 0.15) is 5.56 Å². The van der Waals surface area contributed by atoms with Gasteiger partial charge in [0.1, 0.15) is 0 Å². The second-order valence-electron chi connectivity index (χ2n) is 6.35. The van der Waals surface area contributed by atoms with E-state index >= 15 is 0 Å². The molecule has 0 fully saturated rings. The normalized spacial score (nSPS) is 11.0. The van der Waals surface area contributed by atoms with Crippen LogP contribution in [0.4, 0.5) is 0 Å². The molecule has 2 aromatic heterocycles. The van der Waals surface area contributed by atoms with Crippen molar-refractivity contribution < 1.29 is 4.79 Å². The van der Waals surface area contributed by atoms with Crippen LogP contribution in [-0.2, 0) is 4.79 Å². The molecule has 31 heavy (non-hydrogen) atoms. The van der Waals surface area contributed by atoms with Crippen molar-refractivity contribution in [1.29, 1.82) is 0 Å². The van der Waals surface area contributed by atoms with Gasteiger partial charge in [-0.05, 0) is 42.0 Å². The van der Waals surface area contributed by atoms with Crippen LogP contribution in [0.2, 0.25) is 0 Å². The molecule has 0 aliphatic heterocycles. The van der Waals surface area contributed by atoms with Gasteiger partial charge in [0.25, 0.3) is 5.91 Å². The third kappa shape index (κ3) is 5.44. The van der Waals surface area contributed by atoms with Gasteiger partial charge in [-0.2, -0.15) is 5.10 Å². The summed E-state index contributed by atoms with van der Waals surface area (Å²) in [7, 11) is 0. The Hall–Kier alpha value is -3.30. The zero-order valence-corrected chi connectivity index (χ0v) is 18.6. The molecule has 0 saturated heterocycles. The fraction of sp³-hybridized carbons (Fsp3) is 0.0455. The highest BCUT2D eigenvalue weighted by atomic mass is 79.9. The third-order valence-electron chi connectivity index (χ3n) is 4.19. The van der Waals surface area contributed by atoms with E-state index in [4.69, 9.17) is 0 Å². The van der Waals surface area contributed by atoms with Crippen molar-refractivity contribution in [1.82, 2.24) is 25.2 Å². The summed E-state index contributed by atoms with van der Waals surface area (Å²) in [6.45, 7) is 0. The number of nitrogens with zero attached hydrogens (tertiary/aromatic N) is 5. The summed E-state index contributed by atoms with van der Waals surface area (Å²) < 4.78 is 2.91. The Morgan fingerprint density at radius 3 is 2.52 bits per heavy atom.